The minimum atomic E-state index is -0.127. The van der Waals surface area contributed by atoms with E-state index in [0.717, 1.165) is 17.7 Å². The zero-order chi connectivity index (χ0) is 15.0. The summed E-state index contributed by atoms with van der Waals surface area (Å²) >= 11 is 1.51. The van der Waals surface area contributed by atoms with Gasteiger partial charge in [-0.05, 0) is 43.9 Å². The number of halogens is 1. The van der Waals surface area contributed by atoms with Crippen molar-refractivity contribution in [1.82, 2.24) is 5.32 Å². The summed E-state index contributed by atoms with van der Waals surface area (Å²) in [6, 6.07) is 5.48. The van der Waals surface area contributed by atoms with Gasteiger partial charge in [0, 0.05) is 23.0 Å². The van der Waals surface area contributed by atoms with Gasteiger partial charge in [0.1, 0.15) is 0 Å². The second-order valence-corrected chi connectivity index (χ2v) is 7.00. The smallest absolute Gasteiger partial charge is 0.251 e. The van der Waals surface area contributed by atoms with Crippen molar-refractivity contribution >= 4 is 41.7 Å². The van der Waals surface area contributed by atoms with Crippen LogP contribution in [0.5, 0.6) is 0 Å². The molecule has 1 aliphatic carbocycles. The third-order valence-electron chi connectivity index (χ3n) is 3.93. The molecule has 1 fully saturated rings. The normalized spacial score (nSPS) is 21.2. The van der Waals surface area contributed by atoms with Gasteiger partial charge >= 0.3 is 0 Å². The number of carbonyl (C=O) groups excluding carboxylic acids is 2. The number of amides is 2. The van der Waals surface area contributed by atoms with Crippen LogP contribution in [0.3, 0.4) is 0 Å². The largest absolute Gasteiger partial charge is 0.348 e. The molecule has 22 heavy (non-hydrogen) atoms. The molecule has 0 radical (unpaired) electrons. The van der Waals surface area contributed by atoms with Crippen molar-refractivity contribution < 1.29 is 9.59 Å². The fourth-order valence-corrected chi connectivity index (χ4v) is 3.40. The van der Waals surface area contributed by atoms with E-state index in [2.05, 4.69) is 10.6 Å². The predicted molar refractivity (Wildman–Crippen MR) is 90.7 cm³/mol. The van der Waals surface area contributed by atoms with Crippen molar-refractivity contribution in [3.63, 3.8) is 0 Å². The first-order valence-corrected chi connectivity index (χ1v) is 8.09. The first-order valence-electron chi connectivity index (χ1n) is 7.21. The number of benzene rings is 1. The summed E-state index contributed by atoms with van der Waals surface area (Å²) in [5.74, 6) is 0.369. The number of hydrogen-bond acceptors (Lipinski definition) is 4. The van der Waals surface area contributed by atoms with Crippen LogP contribution in [0.1, 0.15) is 30.1 Å². The molecule has 3 rings (SSSR count). The summed E-state index contributed by atoms with van der Waals surface area (Å²) < 4.78 is 0. The molecule has 1 heterocycles. The maximum absolute atomic E-state index is 12.3. The van der Waals surface area contributed by atoms with E-state index in [1.54, 1.807) is 12.1 Å². The highest BCUT2D eigenvalue weighted by atomic mass is 35.5. The van der Waals surface area contributed by atoms with Crippen LogP contribution in [0, 0.1) is 5.92 Å². The lowest BCUT2D eigenvalue weighted by molar-refractivity contribution is -0.115. The van der Waals surface area contributed by atoms with Crippen molar-refractivity contribution in [2.45, 2.75) is 36.0 Å². The van der Waals surface area contributed by atoms with Gasteiger partial charge in [0.2, 0.25) is 5.91 Å². The molecule has 0 bridgehead atoms. The second-order valence-electron chi connectivity index (χ2n) is 5.61. The average molecular weight is 342 g/mol. The van der Waals surface area contributed by atoms with Crippen molar-refractivity contribution in [2.24, 2.45) is 11.7 Å². The summed E-state index contributed by atoms with van der Waals surface area (Å²) in [6.45, 7) is 2.33. The van der Waals surface area contributed by atoms with Gasteiger partial charge in [0.05, 0.1) is 10.9 Å². The highest BCUT2D eigenvalue weighted by molar-refractivity contribution is 8.00. The zero-order valence-corrected chi connectivity index (χ0v) is 13.9. The summed E-state index contributed by atoms with van der Waals surface area (Å²) in [4.78, 5) is 25.0. The highest BCUT2D eigenvalue weighted by Crippen LogP contribution is 2.36. The fraction of sp³-hybridized carbons (Fsp3) is 0.467. The molecule has 0 spiro atoms. The third kappa shape index (κ3) is 3.56. The maximum Gasteiger partial charge on any atom is 0.251 e. The van der Waals surface area contributed by atoms with Crippen molar-refractivity contribution in [3.05, 3.63) is 23.8 Å². The van der Waals surface area contributed by atoms with Crippen molar-refractivity contribution in [1.29, 1.82) is 0 Å². The SMILES string of the molecule is CC1Sc2ccc(C(=O)NC(CN)C3CC3)cc2NC1=O.Cl. The van der Waals surface area contributed by atoms with Crippen molar-refractivity contribution in [2.75, 3.05) is 11.9 Å². The number of nitrogens with one attached hydrogen (secondary N) is 2. The molecule has 1 aliphatic heterocycles. The Balaban J connectivity index is 0.00000176. The van der Waals surface area contributed by atoms with E-state index < -0.39 is 0 Å². The Hall–Kier alpha value is -1.24. The molecule has 1 aromatic carbocycles. The third-order valence-corrected chi connectivity index (χ3v) is 5.11. The molecule has 7 heteroatoms. The summed E-state index contributed by atoms with van der Waals surface area (Å²) in [7, 11) is 0. The Bertz CT molecular complexity index is 592. The molecular weight excluding hydrogens is 322 g/mol. The topological polar surface area (TPSA) is 84.2 Å². The molecule has 1 saturated carbocycles. The second kappa shape index (κ2) is 6.89. The number of thioether (sulfide) groups is 1. The van der Waals surface area contributed by atoms with E-state index in [-0.39, 0.29) is 35.5 Å². The molecule has 0 saturated heterocycles. The molecule has 2 atom stereocenters. The van der Waals surface area contributed by atoms with E-state index in [9.17, 15) is 9.59 Å². The molecule has 1 aromatic rings. The van der Waals surface area contributed by atoms with Gasteiger partial charge in [-0.2, -0.15) is 0 Å². The lowest BCUT2D eigenvalue weighted by Gasteiger charge is -2.22. The quantitative estimate of drug-likeness (QED) is 0.782. The van der Waals surface area contributed by atoms with Crippen LogP contribution < -0.4 is 16.4 Å². The minimum absolute atomic E-state index is 0. The summed E-state index contributed by atoms with van der Waals surface area (Å²) in [5, 5.41) is 5.73. The van der Waals surface area contributed by atoms with E-state index in [1.165, 1.54) is 11.8 Å². The lowest BCUT2D eigenvalue weighted by atomic mass is 10.1. The highest BCUT2D eigenvalue weighted by Gasteiger charge is 2.31. The van der Waals surface area contributed by atoms with Gasteiger partial charge in [0.15, 0.2) is 0 Å². The molecule has 120 valence electrons. The van der Waals surface area contributed by atoms with E-state index >= 15 is 0 Å². The van der Waals surface area contributed by atoms with Crippen LogP contribution in [-0.4, -0.2) is 29.7 Å². The number of anilines is 1. The van der Waals surface area contributed by atoms with Crippen LogP contribution in [0.2, 0.25) is 0 Å². The van der Waals surface area contributed by atoms with Gasteiger partial charge < -0.3 is 16.4 Å². The Morgan fingerprint density at radius 2 is 2.23 bits per heavy atom. The molecular formula is C15H20ClN3O2S. The van der Waals surface area contributed by atoms with Crippen LogP contribution in [0.15, 0.2) is 23.1 Å². The molecule has 2 aliphatic rings. The number of fused-ring (bicyclic) bond motifs is 1. The Morgan fingerprint density at radius 3 is 2.86 bits per heavy atom. The maximum atomic E-state index is 12.3. The first kappa shape index (κ1) is 17.1. The van der Waals surface area contributed by atoms with Gasteiger partial charge in [-0.1, -0.05) is 0 Å². The molecule has 5 nitrogen and oxygen atoms in total. The average Bonchev–Trinajstić information content (AvgIpc) is 3.30. The minimum Gasteiger partial charge on any atom is -0.348 e. The summed E-state index contributed by atoms with van der Waals surface area (Å²) in [6.07, 6.45) is 2.27. The Kier molecular flexibility index (Phi) is 5.36. The number of hydrogen-bond donors (Lipinski definition) is 3. The predicted octanol–water partition coefficient (Wildman–Crippen LogP) is 2.01. The Labute approximate surface area is 140 Å². The number of nitrogens with two attached hydrogens (primary N) is 1. The summed E-state index contributed by atoms with van der Waals surface area (Å²) in [5.41, 5.74) is 6.98. The van der Waals surface area contributed by atoms with Crippen LogP contribution in [-0.2, 0) is 4.79 Å². The first-order chi connectivity index (χ1) is 10.1. The van der Waals surface area contributed by atoms with E-state index in [0.29, 0.717) is 23.7 Å². The van der Waals surface area contributed by atoms with Crippen LogP contribution in [0.25, 0.3) is 0 Å². The van der Waals surface area contributed by atoms with Crippen molar-refractivity contribution in [3.8, 4) is 0 Å². The molecule has 4 N–H and O–H groups in total. The Morgan fingerprint density at radius 1 is 1.50 bits per heavy atom. The van der Waals surface area contributed by atoms with E-state index in [1.807, 2.05) is 13.0 Å². The van der Waals surface area contributed by atoms with Gasteiger partial charge in [0.25, 0.3) is 5.91 Å². The van der Waals surface area contributed by atoms with E-state index in [4.69, 9.17) is 5.73 Å². The van der Waals surface area contributed by atoms with Crippen LogP contribution in [0.4, 0.5) is 5.69 Å². The monoisotopic (exact) mass is 341 g/mol. The van der Waals surface area contributed by atoms with Gasteiger partial charge in [-0.25, -0.2) is 0 Å². The standard InChI is InChI=1S/C15H19N3O2S.ClH/c1-8-14(19)17-11-6-10(4-5-13(11)21-8)15(20)18-12(7-16)9-2-3-9;/h4-6,8-9,12H,2-3,7,16H2,1H3,(H,17,19)(H,18,20);1H. The van der Waals surface area contributed by atoms with Crippen LogP contribution >= 0.6 is 24.2 Å². The number of rotatable bonds is 4. The molecule has 2 amide bonds. The fourth-order valence-electron chi connectivity index (χ4n) is 2.47. The molecule has 0 aromatic heterocycles. The van der Waals surface area contributed by atoms with Gasteiger partial charge in [-0.3, -0.25) is 9.59 Å². The van der Waals surface area contributed by atoms with Gasteiger partial charge in [-0.15, -0.1) is 24.2 Å². The molecule has 2 unspecified atom stereocenters. The zero-order valence-electron chi connectivity index (χ0n) is 12.3. The number of carbonyl (C=O) groups is 2. The lowest BCUT2D eigenvalue weighted by Crippen LogP contribution is -2.41.